The zero-order valence-electron chi connectivity index (χ0n) is 11.7. The number of halogens is 1. The van der Waals surface area contributed by atoms with Gasteiger partial charge >= 0.3 is 0 Å². The lowest BCUT2D eigenvalue weighted by Crippen LogP contribution is -2.20. The lowest BCUT2D eigenvalue weighted by molar-refractivity contribution is 0.531. The SMILES string of the molecule is CCn1nc(C)cc1CN[C@@H](C)c1ccc(Cl)cc1. The standard InChI is InChI=1S/C15H20ClN3/c1-4-19-15(9-11(2)18-19)10-17-12(3)13-5-7-14(16)8-6-13/h5-9,12,17H,4,10H2,1-3H3/t12-/m0/s1. The van der Waals surface area contributed by atoms with Crippen molar-refractivity contribution in [2.45, 2.75) is 39.9 Å². The molecule has 1 N–H and O–H groups in total. The van der Waals surface area contributed by atoms with Gasteiger partial charge in [0.05, 0.1) is 11.4 Å². The Hall–Kier alpha value is -1.32. The molecule has 0 unspecified atom stereocenters. The van der Waals surface area contributed by atoms with Gasteiger partial charge in [0.2, 0.25) is 0 Å². The minimum absolute atomic E-state index is 0.290. The fourth-order valence-corrected chi connectivity index (χ4v) is 2.27. The van der Waals surface area contributed by atoms with Crippen LogP contribution in [-0.4, -0.2) is 9.78 Å². The molecule has 1 aromatic carbocycles. The molecule has 2 rings (SSSR count). The second-order valence-corrected chi connectivity index (χ2v) is 5.18. The van der Waals surface area contributed by atoms with Gasteiger partial charge in [-0.1, -0.05) is 23.7 Å². The Morgan fingerprint density at radius 2 is 2.00 bits per heavy atom. The molecule has 1 atom stereocenters. The Labute approximate surface area is 119 Å². The van der Waals surface area contributed by atoms with E-state index in [2.05, 4.69) is 42.5 Å². The highest BCUT2D eigenvalue weighted by Crippen LogP contribution is 2.16. The largest absolute Gasteiger partial charge is 0.305 e. The Kier molecular flexibility index (Phi) is 4.61. The summed E-state index contributed by atoms with van der Waals surface area (Å²) in [6, 6.07) is 10.4. The number of aryl methyl sites for hydroxylation is 2. The number of benzene rings is 1. The van der Waals surface area contributed by atoms with E-state index >= 15 is 0 Å². The zero-order chi connectivity index (χ0) is 13.8. The molecule has 1 aromatic heterocycles. The number of nitrogens with zero attached hydrogens (tertiary/aromatic N) is 2. The average Bonchev–Trinajstić information content (AvgIpc) is 2.77. The van der Waals surface area contributed by atoms with Gasteiger partial charge in [-0.05, 0) is 44.5 Å². The van der Waals surface area contributed by atoms with Crippen LogP contribution in [0.15, 0.2) is 30.3 Å². The Morgan fingerprint density at radius 3 is 2.63 bits per heavy atom. The number of hydrogen-bond donors (Lipinski definition) is 1. The van der Waals surface area contributed by atoms with Crippen LogP contribution in [-0.2, 0) is 13.1 Å². The summed E-state index contributed by atoms with van der Waals surface area (Å²) in [5, 5.41) is 8.74. The molecule has 0 aliphatic heterocycles. The first-order valence-electron chi connectivity index (χ1n) is 6.62. The van der Waals surface area contributed by atoms with Crippen molar-refractivity contribution in [3.05, 3.63) is 52.3 Å². The van der Waals surface area contributed by atoms with Crippen molar-refractivity contribution < 1.29 is 0 Å². The molecule has 0 radical (unpaired) electrons. The zero-order valence-corrected chi connectivity index (χ0v) is 12.4. The summed E-state index contributed by atoms with van der Waals surface area (Å²) in [7, 11) is 0. The Balaban J connectivity index is 1.99. The summed E-state index contributed by atoms with van der Waals surface area (Å²) >= 11 is 5.90. The van der Waals surface area contributed by atoms with E-state index in [0.29, 0.717) is 0 Å². The maximum absolute atomic E-state index is 5.90. The van der Waals surface area contributed by atoms with Crippen LogP contribution in [0, 0.1) is 6.92 Å². The van der Waals surface area contributed by atoms with Crippen LogP contribution in [0.25, 0.3) is 0 Å². The summed E-state index contributed by atoms with van der Waals surface area (Å²) in [6.45, 7) is 8.01. The molecule has 1 heterocycles. The molecule has 0 spiro atoms. The summed E-state index contributed by atoms with van der Waals surface area (Å²) in [6.07, 6.45) is 0. The fourth-order valence-electron chi connectivity index (χ4n) is 2.14. The second-order valence-electron chi connectivity index (χ2n) is 4.75. The highest BCUT2D eigenvalue weighted by Gasteiger charge is 2.08. The molecule has 0 fully saturated rings. The van der Waals surface area contributed by atoms with Gasteiger partial charge in [-0.15, -0.1) is 0 Å². The minimum Gasteiger partial charge on any atom is -0.305 e. The Morgan fingerprint density at radius 1 is 1.32 bits per heavy atom. The van der Waals surface area contributed by atoms with Gasteiger partial charge in [-0.2, -0.15) is 5.10 Å². The first kappa shape index (κ1) is 14.1. The predicted octanol–water partition coefficient (Wildman–Crippen LogP) is 3.72. The van der Waals surface area contributed by atoms with E-state index in [-0.39, 0.29) is 6.04 Å². The molecule has 2 aromatic rings. The van der Waals surface area contributed by atoms with E-state index in [4.69, 9.17) is 11.6 Å². The fraction of sp³-hybridized carbons (Fsp3) is 0.400. The quantitative estimate of drug-likeness (QED) is 0.903. The highest BCUT2D eigenvalue weighted by molar-refractivity contribution is 6.30. The molecule has 19 heavy (non-hydrogen) atoms. The summed E-state index contributed by atoms with van der Waals surface area (Å²) < 4.78 is 2.04. The van der Waals surface area contributed by atoms with Crippen molar-refractivity contribution in [2.24, 2.45) is 0 Å². The number of rotatable bonds is 5. The minimum atomic E-state index is 0.290. The maximum Gasteiger partial charge on any atom is 0.0597 e. The summed E-state index contributed by atoms with van der Waals surface area (Å²) in [4.78, 5) is 0. The van der Waals surface area contributed by atoms with Crippen LogP contribution >= 0.6 is 11.6 Å². The average molecular weight is 278 g/mol. The van der Waals surface area contributed by atoms with Crippen molar-refractivity contribution in [1.82, 2.24) is 15.1 Å². The molecule has 0 bridgehead atoms. The molecule has 3 nitrogen and oxygen atoms in total. The van der Waals surface area contributed by atoms with E-state index in [1.54, 1.807) is 0 Å². The third kappa shape index (κ3) is 3.58. The first-order chi connectivity index (χ1) is 9.10. The Bertz CT molecular complexity index is 531. The van der Waals surface area contributed by atoms with E-state index in [1.807, 2.05) is 23.7 Å². The monoisotopic (exact) mass is 277 g/mol. The van der Waals surface area contributed by atoms with Gasteiger partial charge in [-0.25, -0.2) is 0 Å². The smallest absolute Gasteiger partial charge is 0.0597 e. The van der Waals surface area contributed by atoms with Crippen molar-refractivity contribution in [1.29, 1.82) is 0 Å². The molecular weight excluding hydrogens is 258 g/mol. The molecule has 4 heteroatoms. The molecule has 0 aliphatic carbocycles. The summed E-state index contributed by atoms with van der Waals surface area (Å²) in [5.41, 5.74) is 3.53. The lowest BCUT2D eigenvalue weighted by Gasteiger charge is -2.14. The van der Waals surface area contributed by atoms with Crippen LogP contribution in [0.3, 0.4) is 0 Å². The molecule has 0 saturated heterocycles. The van der Waals surface area contributed by atoms with Crippen LogP contribution < -0.4 is 5.32 Å². The van der Waals surface area contributed by atoms with Crippen LogP contribution in [0.4, 0.5) is 0 Å². The van der Waals surface area contributed by atoms with Crippen LogP contribution in [0.1, 0.15) is 36.8 Å². The number of aromatic nitrogens is 2. The van der Waals surface area contributed by atoms with Gasteiger partial charge in [0, 0.05) is 24.2 Å². The van der Waals surface area contributed by atoms with Gasteiger partial charge < -0.3 is 5.32 Å². The molecule has 102 valence electrons. The van der Waals surface area contributed by atoms with E-state index in [9.17, 15) is 0 Å². The van der Waals surface area contributed by atoms with Gasteiger partial charge in [-0.3, -0.25) is 4.68 Å². The normalized spacial score (nSPS) is 12.6. The summed E-state index contributed by atoms with van der Waals surface area (Å²) in [5.74, 6) is 0. The maximum atomic E-state index is 5.90. The topological polar surface area (TPSA) is 29.9 Å². The number of hydrogen-bond acceptors (Lipinski definition) is 2. The molecule has 0 amide bonds. The number of nitrogens with one attached hydrogen (secondary N) is 1. The predicted molar refractivity (Wildman–Crippen MR) is 79.3 cm³/mol. The van der Waals surface area contributed by atoms with Gasteiger partial charge in [0.15, 0.2) is 0 Å². The lowest BCUT2D eigenvalue weighted by atomic mass is 10.1. The van der Waals surface area contributed by atoms with Crippen molar-refractivity contribution in [3.8, 4) is 0 Å². The van der Waals surface area contributed by atoms with E-state index in [0.717, 1.165) is 23.8 Å². The van der Waals surface area contributed by atoms with Gasteiger partial charge in [0.1, 0.15) is 0 Å². The third-order valence-electron chi connectivity index (χ3n) is 3.24. The highest BCUT2D eigenvalue weighted by atomic mass is 35.5. The molecule has 0 aliphatic rings. The molecular formula is C15H20ClN3. The van der Waals surface area contributed by atoms with Crippen molar-refractivity contribution in [2.75, 3.05) is 0 Å². The van der Waals surface area contributed by atoms with Crippen LogP contribution in [0.5, 0.6) is 0 Å². The third-order valence-corrected chi connectivity index (χ3v) is 3.50. The van der Waals surface area contributed by atoms with Crippen LogP contribution in [0.2, 0.25) is 5.02 Å². The van der Waals surface area contributed by atoms with Crippen molar-refractivity contribution in [3.63, 3.8) is 0 Å². The van der Waals surface area contributed by atoms with E-state index < -0.39 is 0 Å². The second kappa shape index (κ2) is 6.22. The first-order valence-corrected chi connectivity index (χ1v) is 7.00. The van der Waals surface area contributed by atoms with Gasteiger partial charge in [0.25, 0.3) is 0 Å². The van der Waals surface area contributed by atoms with E-state index in [1.165, 1.54) is 11.3 Å². The molecule has 0 saturated carbocycles. The van der Waals surface area contributed by atoms with Crippen molar-refractivity contribution >= 4 is 11.6 Å².